The van der Waals surface area contributed by atoms with Crippen LogP contribution in [0.15, 0.2) is 18.2 Å². The van der Waals surface area contributed by atoms with E-state index >= 15 is 0 Å². The maximum atomic E-state index is 5.92. The van der Waals surface area contributed by atoms with E-state index in [1.54, 1.807) is 0 Å². The molecule has 1 saturated carbocycles. The molecule has 20 heavy (non-hydrogen) atoms. The zero-order chi connectivity index (χ0) is 13.9. The molecule has 1 aromatic carbocycles. The summed E-state index contributed by atoms with van der Waals surface area (Å²) in [6.45, 7) is 3.13. The Balaban J connectivity index is 1.85. The summed E-state index contributed by atoms with van der Waals surface area (Å²) in [5.74, 6) is 8.44. The molecule has 0 radical (unpaired) electrons. The number of nitrogens with one attached hydrogen (secondary N) is 1. The number of rotatable bonds is 4. The molecule has 0 saturated heterocycles. The van der Waals surface area contributed by atoms with E-state index in [9.17, 15) is 0 Å². The van der Waals surface area contributed by atoms with Gasteiger partial charge in [0, 0.05) is 12.5 Å². The third-order valence-corrected chi connectivity index (χ3v) is 5.17. The first-order valence-electron chi connectivity index (χ1n) is 8.05. The van der Waals surface area contributed by atoms with E-state index in [1.807, 2.05) is 0 Å². The Morgan fingerprint density at radius 2 is 2.20 bits per heavy atom. The van der Waals surface area contributed by atoms with E-state index in [0.717, 1.165) is 24.7 Å². The van der Waals surface area contributed by atoms with Crippen molar-refractivity contribution in [2.75, 3.05) is 6.61 Å². The number of nitrogens with two attached hydrogens (primary N) is 1. The van der Waals surface area contributed by atoms with E-state index < -0.39 is 0 Å². The van der Waals surface area contributed by atoms with Gasteiger partial charge in [0.05, 0.1) is 6.61 Å². The van der Waals surface area contributed by atoms with Crippen LogP contribution in [0.3, 0.4) is 0 Å². The van der Waals surface area contributed by atoms with Gasteiger partial charge < -0.3 is 4.74 Å². The Morgan fingerprint density at radius 3 is 3.00 bits per heavy atom. The summed E-state index contributed by atoms with van der Waals surface area (Å²) >= 11 is 0. The summed E-state index contributed by atoms with van der Waals surface area (Å²) in [5, 5.41) is 0. The van der Waals surface area contributed by atoms with Gasteiger partial charge in [0.25, 0.3) is 0 Å². The monoisotopic (exact) mass is 274 g/mol. The van der Waals surface area contributed by atoms with Crippen LogP contribution in [0.2, 0.25) is 0 Å². The van der Waals surface area contributed by atoms with Gasteiger partial charge in [-0.05, 0) is 35.4 Å². The van der Waals surface area contributed by atoms with Crippen molar-refractivity contribution in [3.05, 3.63) is 29.3 Å². The number of ether oxygens (including phenoxy) is 1. The minimum atomic E-state index is 0.283. The van der Waals surface area contributed by atoms with Gasteiger partial charge in [-0.15, -0.1) is 0 Å². The Bertz CT molecular complexity index is 460. The van der Waals surface area contributed by atoms with Crippen LogP contribution in [0.5, 0.6) is 5.75 Å². The lowest BCUT2D eigenvalue weighted by atomic mass is 9.72. The number of benzene rings is 1. The van der Waals surface area contributed by atoms with Crippen molar-refractivity contribution in [3.8, 4) is 5.75 Å². The van der Waals surface area contributed by atoms with Gasteiger partial charge in [0.15, 0.2) is 0 Å². The zero-order valence-electron chi connectivity index (χ0n) is 12.4. The molecule has 3 rings (SSSR count). The van der Waals surface area contributed by atoms with Crippen molar-refractivity contribution < 1.29 is 4.74 Å². The molecule has 0 amide bonds. The van der Waals surface area contributed by atoms with Gasteiger partial charge in [-0.3, -0.25) is 11.3 Å². The molecule has 3 atom stereocenters. The number of hydrazine groups is 1. The molecule has 0 spiro atoms. The molecule has 3 nitrogen and oxygen atoms in total. The molecule has 3 unspecified atom stereocenters. The number of fused-ring (bicyclic) bond motifs is 1. The van der Waals surface area contributed by atoms with Crippen LogP contribution < -0.4 is 16.0 Å². The second kappa shape index (κ2) is 6.15. The van der Waals surface area contributed by atoms with Gasteiger partial charge in [0.2, 0.25) is 0 Å². The van der Waals surface area contributed by atoms with Crippen molar-refractivity contribution in [3.63, 3.8) is 0 Å². The van der Waals surface area contributed by atoms with Crippen molar-refractivity contribution in [2.45, 2.75) is 51.5 Å². The molecule has 110 valence electrons. The molecule has 0 aromatic heterocycles. The molecular weight excluding hydrogens is 248 g/mol. The molecule has 1 aromatic rings. The summed E-state index contributed by atoms with van der Waals surface area (Å²) in [6, 6.07) is 6.89. The molecule has 1 aliphatic heterocycles. The molecule has 0 bridgehead atoms. The molecular formula is C17H26N2O. The Kier molecular flexibility index (Phi) is 4.27. The zero-order valence-corrected chi connectivity index (χ0v) is 12.4. The molecule has 2 aliphatic rings. The molecule has 3 heteroatoms. The van der Waals surface area contributed by atoms with Gasteiger partial charge in [-0.25, -0.2) is 0 Å². The minimum Gasteiger partial charge on any atom is -0.493 e. The Hall–Kier alpha value is -1.06. The average Bonchev–Trinajstić information content (AvgIpc) is 2.96. The van der Waals surface area contributed by atoms with Crippen molar-refractivity contribution >= 4 is 0 Å². The Morgan fingerprint density at radius 1 is 1.35 bits per heavy atom. The van der Waals surface area contributed by atoms with Crippen LogP contribution in [0.4, 0.5) is 0 Å². The van der Waals surface area contributed by atoms with Crippen LogP contribution in [0, 0.1) is 11.8 Å². The van der Waals surface area contributed by atoms with Crippen molar-refractivity contribution in [2.24, 2.45) is 17.7 Å². The quantitative estimate of drug-likeness (QED) is 0.654. The van der Waals surface area contributed by atoms with Crippen LogP contribution in [0.25, 0.3) is 0 Å². The lowest BCUT2D eigenvalue weighted by molar-refractivity contribution is 0.176. The first-order valence-corrected chi connectivity index (χ1v) is 8.05. The predicted molar refractivity (Wildman–Crippen MR) is 81.4 cm³/mol. The van der Waals surface area contributed by atoms with Crippen LogP contribution in [-0.2, 0) is 6.42 Å². The Labute approximate surface area is 121 Å². The highest BCUT2D eigenvalue weighted by molar-refractivity contribution is 5.41. The van der Waals surface area contributed by atoms with Crippen molar-refractivity contribution in [1.82, 2.24) is 5.43 Å². The first kappa shape index (κ1) is 13.9. The molecule has 1 fully saturated rings. The normalized spacial score (nSPS) is 26.9. The van der Waals surface area contributed by atoms with Crippen molar-refractivity contribution in [1.29, 1.82) is 0 Å². The summed E-state index contributed by atoms with van der Waals surface area (Å²) in [5.41, 5.74) is 5.78. The summed E-state index contributed by atoms with van der Waals surface area (Å²) in [6.07, 6.45) is 7.66. The summed E-state index contributed by atoms with van der Waals surface area (Å²) in [4.78, 5) is 0. The second-order valence-corrected chi connectivity index (χ2v) is 6.23. The maximum absolute atomic E-state index is 5.92. The highest BCUT2D eigenvalue weighted by Gasteiger charge is 2.31. The largest absolute Gasteiger partial charge is 0.493 e. The average molecular weight is 274 g/mol. The van der Waals surface area contributed by atoms with E-state index in [4.69, 9.17) is 10.6 Å². The summed E-state index contributed by atoms with van der Waals surface area (Å²) in [7, 11) is 0. The van der Waals surface area contributed by atoms with E-state index in [2.05, 4.69) is 30.5 Å². The standard InChI is InChI=1S/C17H26N2O/c1-2-12-5-3-4-6-15(12)17(19-18)14-7-8-16-13(11-14)9-10-20-16/h7-8,11-12,15,17,19H,2-6,9-10,18H2,1H3. The third kappa shape index (κ3) is 2.57. The highest BCUT2D eigenvalue weighted by atomic mass is 16.5. The summed E-state index contributed by atoms with van der Waals surface area (Å²) < 4.78 is 5.60. The number of hydrogen-bond donors (Lipinski definition) is 2. The minimum absolute atomic E-state index is 0.283. The third-order valence-electron chi connectivity index (χ3n) is 5.17. The van der Waals surface area contributed by atoms with E-state index in [1.165, 1.54) is 43.2 Å². The van der Waals surface area contributed by atoms with E-state index in [0.29, 0.717) is 5.92 Å². The lowest BCUT2D eigenvalue weighted by Gasteiger charge is -2.37. The predicted octanol–water partition coefficient (Wildman–Crippen LogP) is 3.34. The van der Waals surface area contributed by atoms with Crippen LogP contribution in [-0.4, -0.2) is 6.61 Å². The molecule has 3 N–H and O–H groups in total. The first-order chi connectivity index (χ1) is 9.83. The van der Waals surface area contributed by atoms with E-state index in [-0.39, 0.29) is 6.04 Å². The smallest absolute Gasteiger partial charge is 0.122 e. The van der Waals surface area contributed by atoms with Gasteiger partial charge >= 0.3 is 0 Å². The van der Waals surface area contributed by atoms with Gasteiger partial charge in [-0.1, -0.05) is 44.7 Å². The topological polar surface area (TPSA) is 47.3 Å². The van der Waals surface area contributed by atoms with Gasteiger partial charge in [0.1, 0.15) is 5.75 Å². The highest BCUT2D eigenvalue weighted by Crippen LogP contribution is 2.41. The van der Waals surface area contributed by atoms with Gasteiger partial charge in [-0.2, -0.15) is 0 Å². The second-order valence-electron chi connectivity index (χ2n) is 6.23. The SMILES string of the molecule is CCC1CCCCC1C(NN)c1ccc2c(c1)CCO2. The fourth-order valence-electron chi connectivity index (χ4n) is 4.05. The maximum Gasteiger partial charge on any atom is 0.122 e. The lowest BCUT2D eigenvalue weighted by Crippen LogP contribution is -2.38. The molecule has 1 heterocycles. The fraction of sp³-hybridized carbons (Fsp3) is 0.647. The fourth-order valence-corrected chi connectivity index (χ4v) is 4.05. The molecule has 1 aliphatic carbocycles. The van der Waals surface area contributed by atoms with Crippen LogP contribution >= 0.6 is 0 Å². The number of hydrogen-bond acceptors (Lipinski definition) is 3. The van der Waals surface area contributed by atoms with Crippen LogP contribution in [0.1, 0.15) is 56.2 Å².